The average Bonchev–Trinajstić information content (AvgIpc) is 2.99. The molecule has 0 aromatic rings. The molecule has 1 aliphatic rings. The van der Waals surface area contributed by atoms with Crippen molar-refractivity contribution in [3.05, 3.63) is 0 Å². The van der Waals surface area contributed by atoms with Crippen LogP contribution in [0.4, 0.5) is 0 Å². The summed E-state index contributed by atoms with van der Waals surface area (Å²) in [7, 11) is 0. The zero-order valence-corrected chi connectivity index (χ0v) is 10.7. The summed E-state index contributed by atoms with van der Waals surface area (Å²) in [5.74, 6) is -0.102. The molecule has 0 saturated heterocycles. The van der Waals surface area contributed by atoms with E-state index in [0.29, 0.717) is 25.9 Å². The monoisotopic (exact) mass is 226 g/mol. The molecule has 0 radical (unpaired) electrons. The fraction of sp³-hybridized carbons (Fsp3) is 0.833. The first-order valence-corrected chi connectivity index (χ1v) is 6.08. The fourth-order valence-corrected chi connectivity index (χ4v) is 1.88. The highest BCUT2D eigenvalue weighted by atomic mass is 16.2. The normalized spacial score (nSPS) is 17.1. The minimum absolute atomic E-state index is 0.00403. The summed E-state index contributed by atoms with van der Waals surface area (Å²) in [6.45, 7) is 9.06. The molecular formula is C12H22N2O2. The second kappa shape index (κ2) is 4.85. The van der Waals surface area contributed by atoms with Gasteiger partial charge in [-0.25, -0.2) is 0 Å². The molecule has 1 aliphatic carbocycles. The number of amides is 2. The summed E-state index contributed by atoms with van der Waals surface area (Å²) in [5.41, 5.74) is -0.740. The van der Waals surface area contributed by atoms with E-state index in [2.05, 4.69) is 5.32 Å². The molecule has 4 nitrogen and oxygen atoms in total. The third-order valence-electron chi connectivity index (χ3n) is 3.06. The average molecular weight is 226 g/mol. The molecule has 16 heavy (non-hydrogen) atoms. The smallest absolute Gasteiger partial charge is 0.238 e. The van der Waals surface area contributed by atoms with Gasteiger partial charge in [-0.3, -0.25) is 9.59 Å². The molecular weight excluding hydrogens is 204 g/mol. The van der Waals surface area contributed by atoms with Crippen LogP contribution in [0.1, 0.15) is 40.5 Å². The molecule has 1 saturated carbocycles. The molecule has 1 fully saturated rings. The van der Waals surface area contributed by atoms with Crippen molar-refractivity contribution in [3.8, 4) is 0 Å². The lowest BCUT2D eigenvalue weighted by Gasteiger charge is -2.25. The van der Waals surface area contributed by atoms with Gasteiger partial charge in [-0.2, -0.15) is 0 Å². The number of carbonyl (C=O) groups is 2. The van der Waals surface area contributed by atoms with Gasteiger partial charge < -0.3 is 10.2 Å². The first kappa shape index (κ1) is 13.0. The zero-order chi connectivity index (χ0) is 12.3. The van der Waals surface area contributed by atoms with Crippen molar-refractivity contribution in [2.24, 2.45) is 5.41 Å². The Labute approximate surface area is 97.4 Å². The van der Waals surface area contributed by atoms with Gasteiger partial charge in [-0.15, -0.1) is 0 Å². The van der Waals surface area contributed by atoms with Crippen molar-refractivity contribution < 1.29 is 9.59 Å². The fourth-order valence-electron chi connectivity index (χ4n) is 1.88. The van der Waals surface area contributed by atoms with Gasteiger partial charge in [0.2, 0.25) is 11.8 Å². The van der Waals surface area contributed by atoms with Crippen molar-refractivity contribution in [1.29, 1.82) is 0 Å². The van der Waals surface area contributed by atoms with Crippen LogP contribution in [0.2, 0.25) is 0 Å². The van der Waals surface area contributed by atoms with Gasteiger partial charge in [-0.05, 0) is 40.5 Å². The number of hydrogen-bond acceptors (Lipinski definition) is 2. The predicted molar refractivity (Wildman–Crippen MR) is 62.9 cm³/mol. The molecule has 0 spiro atoms. The summed E-state index contributed by atoms with van der Waals surface area (Å²) < 4.78 is 0. The highest BCUT2D eigenvalue weighted by Crippen LogP contribution is 2.47. The van der Waals surface area contributed by atoms with Gasteiger partial charge in [-0.1, -0.05) is 0 Å². The number of nitrogens with one attached hydrogen (secondary N) is 1. The van der Waals surface area contributed by atoms with Crippen LogP contribution in [-0.4, -0.2) is 35.8 Å². The molecule has 0 aromatic carbocycles. The van der Waals surface area contributed by atoms with Crippen molar-refractivity contribution >= 4 is 11.8 Å². The summed E-state index contributed by atoms with van der Waals surface area (Å²) >= 11 is 0. The predicted octanol–water partition coefficient (Wildman–Crippen LogP) is 1.16. The van der Waals surface area contributed by atoms with E-state index in [4.69, 9.17) is 0 Å². The lowest BCUT2D eigenvalue weighted by molar-refractivity contribution is -0.144. The van der Waals surface area contributed by atoms with E-state index in [1.54, 1.807) is 4.90 Å². The lowest BCUT2D eigenvalue weighted by Crippen LogP contribution is -2.46. The molecule has 2 amide bonds. The second-order valence-electron chi connectivity index (χ2n) is 4.69. The summed E-state index contributed by atoms with van der Waals surface area (Å²) in [4.78, 5) is 25.9. The summed E-state index contributed by atoms with van der Waals surface area (Å²) in [6, 6.07) is 0.0921. The maximum absolute atomic E-state index is 12.2. The van der Waals surface area contributed by atoms with Crippen molar-refractivity contribution in [1.82, 2.24) is 10.2 Å². The van der Waals surface area contributed by atoms with Crippen LogP contribution in [0.5, 0.6) is 0 Å². The van der Waals surface area contributed by atoms with Gasteiger partial charge >= 0.3 is 0 Å². The van der Waals surface area contributed by atoms with E-state index in [0.717, 1.165) is 0 Å². The molecule has 0 atom stereocenters. The van der Waals surface area contributed by atoms with Crippen molar-refractivity contribution in [2.75, 3.05) is 13.1 Å². The standard InChI is InChI=1S/C12H22N2O2/c1-5-14(6-2)11(16)12(7-8-12)10(15)13-9(3)4/h9H,5-8H2,1-4H3,(H,13,15). The molecule has 1 N–H and O–H groups in total. The van der Waals surface area contributed by atoms with Crippen LogP contribution >= 0.6 is 0 Å². The maximum atomic E-state index is 12.2. The van der Waals surface area contributed by atoms with Crippen LogP contribution < -0.4 is 5.32 Å². The number of hydrogen-bond donors (Lipinski definition) is 1. The first-order valence-electron chi connectivity index (χ1n) is 6.08. The van der Waals surface area contributed by atoms with Crippen LogP contribution in [0.25, 0.3) is 0 Å². The molecule has 0 bridgehead atoms. The Balaban J connectivity index is 2.70. The minimum Gasteiger partial charge on any atom is -0.353 e. The Morgan fingerprint density at radius 1 is 1.25 bits per heavy atom. The third kappa shape index (κ3) is 2.36. The third-order valence-corrected chi connectivity index (χ3v) is 3.06. The summed E-state index contributed by atoms with van der Waals surface area (Å²) in [6.07, 6.45) is 1.39. The largest absolute Gasteiger partial charge is 0.353 e. The molecule has 1 rings (SSSR count). The van der Waals surface area contributed by atoms with Crippen LogP contribution in [0.3, 0.4) is 0 Å². The van der Waals surface area contributed by atoms with Crippen molar-refractivity contribution in [3.63, 3.8) is 0 Å². The Kier molecular flexibility index (Phi) is 3.94. The Hall–Kier alpha value is -1.06. The first-order chi connectivity index (χ1) is 7.47. The minimum atomic E-state index is -0.740. The van der Waals surface area contributed by atoms with Crippen LogP contribution in [0, 0.1) is 5.41 Å². The van der Waals surface area contributed by atoms with E-state index in [1.807, 2.05) is 27.7 Å². The number of rotatable bonds is 5. The van der Waals surface area contributed by atoms with Gasteiger partial charge in [0.25, 0.3) is 0 Å². The van der Waals surface area contributed by atoms with E-state index in [9.17, 15) is 9.59 Å². The highest BCUT2D eigenvalue weighted by Gasteiger charge is 2.57. The van der Waals surface area contributed by atoms with Gasteiger partial charge in [0.15, 0.2) is 0 Å². The van der Waals surface area contributed by atoms with Crippen molar-refractivity contribution in [2.45, 2.75) is 46.6 Å². The van der Waals surface area contributed by atoms with Crippen LogP contribution in [0.15, 0.2) is 0 Å². The Morgan fingerprint density at radius 2 is 1.75 bits per heavy atom. The maximum Gasteiger partial charge on any atom is 0.238 e. The van der Waals surface area contributed by atoms with E-state index >= 15 is 0 Å². The lowest BCUT2D eigenvalue weighted by atomic mass is 10.0. The van der Waals surface area contributed by atoms with Gasteiger partial charge in [0, 0.05) is 19.1 Å². The van der Waals surface area contributed by atoms with E-state index in [1.165, 1.54) is 0 Å². The second-order valence-corrected chi connectivity index (χ2v) is 4.69. The molecule has 0 unspecified atom stereocenters. The topological polar surface area (TPSA) is 49.4 Å². The summed E-state index contributed by atoms with van der Waals surface area (Å²) in [5, 5.41) is 2.84. The molecule has 92 valence electrons. The number of carbonyl (C=O) groups excluding carboxylic acids is 2. The molecule has 0 heterocycles. The van der Waals surface area contributed by atoms with E-state index in [-0.39, 0.29) is 17.9 Å². The Morgan fingerprint density at radius 3 is 2.06 bits per heavy atom. The zero-order valence-electron chi connectivity index (χ0n) is 10.7. The van der Waals surface area contributed by atoms with Gasteiger partial charge in [0.1, 0.15) is 5.41 Å². The Bertz CT molecular complexity index is 279. The molecule has 0 aliphatic heterocycles. The SMILES string of the molecule is CCN(CC)C(=O)C1(C(=O)NC(C)C)CC1. The molecule has 4 heteroatoms. The molecule has 0 aromatic heterocycles. The van der Waals surface area contributed by atoms with Crippen LogP contribution in [-0.2, 0) is 9.59 Å². The highest BCUT2D eigenvalue weighted by molar-refractivity contribution is 6.07. The van der Waals surface area contributed by atoms with Gasteiger partial charge in [0.05, 0.1) is 0 Å². The number of nitrogens with zero attached hydrogens (tertiary/aromatic N) is 1. The quantitative estimate of drug-likeness (QED) is 0.715. The van der Waals surface area contributed by atoms with E-state index < -0.39 is 5.41 Å².